The van der Waals surface area contributed by atoms with E-state index in [1.807, 2.05) is 24.0 Å². The van der Waals surface area contributed by atoms with Gasteiger partial charge >= 0.3 is 0 Å². The molecule has 2 atom stereocenters. The molecule has 6 nitrogen and oxygen atoms in total. The second-order valence-corrected chi connectivity index (χ2v) is 11.4. The second kappa shape index (κ2) is 9.00. The number of nitrogens with zero attached hydrogens (tertiary/aromatic N) is 3. The molecule has 0 saturated carbocycles. The van der Waals surface area contributed by atoms with Gasteiger partial charge in [0.05, 0.1) is 29.1 Å². The first-order valence-electron chi connectivity index (χ1n) is 11.6. The molecule has 0 N–H and O–H groups in total. The zero-order valence-corrected chi connectivity index (χ0v) is 20.5. The van der Waals surface area contributed by atoms with Crippen LogP contribution in [0.25, 0.3) is 0 Å². The lowest BCUT2D eigenvalue weighted by Gasteiger charge is -2.32. The molecule has 8 heteroatoms. The van der Waals surface area contributed by atoms with Gasteiger partial charge in [-0.15, -0.1) is 0 Å². The number of fused-ring (bicyclic) bond motifs is 2. The molecule has 3 aromatic rings. The first-order chi connectivity index (χ1) is 16.7. The number of hydrogen-bond acceptors (Lipinski definition) is 4. The predicted octanol–water partition coefficient (Wildman–Crippen LogP) is 3.47. The van der Waals surface area contributed by atoms with E-state index >= 15 is 0 Å². The maximum Gasteiger partial charge on any atom is 0.255 e. The van der Waals surface area contributed by atoms with Gasteiger partial charge in [-0.1, -0.05) is 18.2 Å². The largest absolute Gasteiger partial charge is 0.325 e. The molecule has 2 fully saturated rings. The SMILES string of the molecule is Cc1cncc(C(=O)N2CC3CCC(C2)[N+]3=C(c2cccc(F)c2)c2ccccc2S(C)(=O)=O)c1. The van der Waals surface area contributed by atoms with Gasteiger partial charge in [0.1, 0.15) is 5.82 Å². The molecule has 0 radical (unpaired) electrons. The van der Waals surface area contributed by atoms with Crippen molar-refractivity contribution >= 4 is 21.5 Å². The summed E-state index contributed by atoms with van der Waals surface area (Å²) in [6.45, 7) is 2.91. The first-order valence-corrected chi connectivity index (χ1v) is 13.5. The van der Waals surface area contributed by atoms with Crippen LogP contribution in [0, 0.1) is 12.7 Å². The van der Waals surface area contributed by atoms with E-state index in [2.05, 4.69) is 9.56 Å². The minimum absolute atomic E-state index is 0.0126. The third-order valence-electron chi connectivity index (χ3n) is 6.79. The molecule has 2 bridgehead atoms. The van der Waals surface area contributed by atoms with Gasteiger partial charge in [0.25, 0.3) is 5.91 Å². The molecule has 180 valence electrons. The highest BCUT2D eigenvalue weighted by atomic mass is 32.2. The molecule has 2 aliphatic rings. The van der Waals surface area contributed by atoms with Crippen molar-refractivity contribution < 1.29 is 22.2 Å². The van der Waals surface area contributed by atoms with E-state index in [0.29, 0.717) is 35.5 Å². The summed E-state index contributed by atoms with van der Waals surface area (Å²) in [6.07, 6.45) is 6.23. The van der Waals surface area contributed by atoms with Gasteiger partial charge in [-0.2, -0.15) is 0 Å². The number of likely N-dealkylation sites (tertiary alicyclic amines) is 1. The van der Waals surface area contributed by atoms with E-state index in [4.69, 9.17) is 0 Å². The third kappa shape index (κ3) is 4.50. The van der Waals surface area contributed by atoms with E-state index in [-0.39, 0.29) is 28.7 Å². The minimum atomic E-state index is -3.53. The number of hydrogen-bond donors (Lipinski definition) is 0. The van der Waals surface area contributed by atoms with E-state index in [0.717, 1.165) is 18.4 Å². The highest BCUT2D eigenvalue weighted by molar-refractivity contribution is 7.90. The average Bonchev–Trinajstić information content (AvgIpc) is 3.06. The van der Waals surface area contributed by atoms with Crippen LogP contribution in [0.4, 0.5) is 4.39 Å². The summed E-state index contributed by atoms with van der Waals surface area (Å²) in [7, 11) is -3.53. The molecule has 1 aromatic heterocycles. The molecule has 2 unspecified atom stereocenters. The second-order valence-electron chi connectivity index (χ2n) is 9.38. The van der Waals surface area contributed by atoms with Gasteiger partial charge in [0, 0.05) is 37.1 Å². The number of carbonyl (C=O) groups excluding carboxylic acids is 1. The molecular formula is C27H27FN3O3S+. The van der Waals surface area contributed by atoms with Crippen LogP contribution < -0.4 is 0 Å². The van der Waals surface area contributed by atoms with Gasteiger partial charge in [-0.3, -0.25) is 9.78 Å². The van der Waals surface area contributed by atoms with Crippen molar-refractivity contribution in [2.75, 3.05) is 19.3 Å². The first kappa shape index (κ1) is 23.4. The normalized spacial score (nSPS) is 19.6. The zero-order valence-electron chi connectivity index (χ0n) is 19.7. The Morgan fingerprint density at radius 1 is 1.00 bits per heavy atom. The van der Waals surface area contributed by atoms with Crippen molar-refractivity contribution in [2.45, 2.75) is 36.7 Å². The molecule has 35 heavy (non-hydrogen) atoms. The molecule has 1 amide bonds. The standard InChI is InChI=1S/C27H27FN3O3S/c1-18-12-20(15-29-14-18)27(32)30-16-22-10-11-23(17-30)31(22)26(19-6-5-7-21(28)13-19)24-8-3-4-9-25(24)35(2,33)34/h3-9,12-15,22-23H,10-11,16-17H2,1-2H3/q+1. The van der Waals surface area contributed by atoms with E-state index in [1.54, 1.807) is 42.7 Å². The number of halogens is 1. The topological polar surface area (TPSA) is 70.3 Å². The third-order valence-corrected chi connectivity index (χ3v) is 7.94. The number of aromatic nitrogens is 1. The van der Waals surface area contributed by atoms with Gasteiger partial charge in [0.15, 0.2) is 21.9 Å². The van der Waals surface area contributed by atoms with Crippen LogP contribution in [0.1, 0.15) is 39.9 Å². The van der Waals surface area contributed by atoms with Crippen molar-refractivity contribution in [3.63, 3.8) is 0 Å². The van der Waals surface area contributed by atoms with Crippen molar-refractivity contribution in [1.82, 2.24) is 9.88 Å². The van der Waals surface area contributed by atoms with Crippen molar-refractivity contribution in [3.05, 3.63) is 95.1 Å². The number of pyridine rings is 1. The molecule has 2 aliphatic heterocycles. The summed E-state index contributed by atoms with van der Waals surface area (Å²) in [6, 6.07) is 15.0. The number of sulfone groups is 1. The van der Waals surface area contributed by atoms with Gasteiger partial charge in [-0.25, -0.2) is 17.4 Å². The van der Waals surface area contributed by atoms with Gasteiger partial charge in [0.2, 0.25) is 5.71 Å². The van der Waals surface area contributed by atoms with E-state index in [9.17, 15) is 17.6 Å². The number of aryl methyl sites for hydroxylation is 1. The Balaban J connectivity index is 1.63. The lowest BCUT2D eigenvalue weighted by Crippen LogP contribution is -2.53. The Morgan fingerprint density at radius 3 is 2.37 bits per heavy atom. The zero-order chi connectivity index (χ0) is 24.7. The molecule has 0 aliphatic carbocycles. The lowest BCUT2D eigenvalue weighted by molar-refractivity contribution is -0.588. The molecule has 5 rings (SSSR count). The maximum atomic E-state index is 14.3. The Morgan fingerprint density at radius 2 is 1.71 bits per heavy atom. The van der Waals surface area contributed by atoms with Crippen LogP contribution in [-0.4, -0.2) is 65.9 Å². The summed E-state index contributed by atoms with van der Waals surface area (Å²) >= 11 is 0. The highest BCUT2D eigenvalue weighted by Crippen LogP contribution is 2.31. The quantitative estimate of drug-likeness (QED) is 0.523. The Bertz CT molecular complexity index is 1440. The summed E-state index contributed by atoms with van der Waals surface area (Å²) in [5, 5.41) is 0. The summed E-state index contributed by atoms with van der Waals surface area (Å²) in [5.41, 5.74) is 3.37. The van der Waals surface area contributed by atoms with Crippen LogP contribution in [0.15, 0.2) is 71.9 Å². The van der Waals surface area contributed by atoms with Crippen LogP contribution in [0.5, 0.6) is 0 Å². The molecule has 0 spiro atoms. The lowest BCUT2D eigenvalue weighted by atomic mass is 9.99. The van der Waals surface area contributed by atoms with E-state index < -0.39 is 9.84 Å². The minimum Gasteiger partial charge on any atom is -0.325 e. The Labute approximate surface area is 204 Å². The number of amides is 1. The number of carbonyl (C=O) groups is 1. The van der Waals surface area contributed by atoms with E-state index in [1.165, 1.54) is 18.4 Å². The fraction of sp³-hybridized carbons (Fsp3) is 0.296. The molecule has 2 saturated heterocycles. The Hall–Kier alpha value is -3.39. The van der Waals surface area contributed by atoms with Gasteiger partial charge < -0.3 is 4.90 Å². The van der Waals surface area contributed by atoms with Crippen molar-refractivity contribution in [2.24, 2.45) is 0 Å². The van der Waals surface area contributed by atoms with Crippen molar-refractivity contribution in [1.29, 1.82) is 0 Å². The fourth-order valence-corrected chi connectivity index (χ4v) is 6.24. The summed E-state index contributed by atoms with van der Waals surface area (Å²) in [5.74, 6) is -0.438. The number of rotatable bonds is 4. The van der Waals surface area contributed by atoms with Crippen LogP contribution in [-0.2, 0) is 9.84 Å². The molecule has 3 heterocycles. The smallest absolute Gasteiger partial charge is 0.255 e. The maximum absolute atomic E-state index is 14.3. The van der Waals surface area contributed by atoms with Crippen LogP contribution in [0.3, 0.4) is 0 Å². The van der Waals surface area contributed by atoms with Gasteiger partial charge in [-0.05, 0) is 48.9 Å². The summed E-state index contributed by atoms with van der Waals surface area (Å²) < 4.78 is 41.9. The fourth-order valence-electron chi connectivity index (χ4n) is 5.35. The summed E-state index contributed by atoms with van der Waals surface area (Å²) in [4.78, 5) is 19.5. The average molecular weight is 493 g/mol. The number of piperazine rings is 1. The monoisotopic (exact) mass is 492 g/mol. The van der Waals surface area contributed by atoms with Crippen LogP contribution >= 0.6 is 0 Å². The predicted molar refractivity (Wildman–Crippen MR) is 131 cm³/mol. The van der Waals surface area contributed by atoms with Crippen LogP contribution in [0.2, 0.25) is 0 Å². The Kier molecular flexibility index (Phi) is 6.01. The van der Waals surface area contributed by atoms with Crippen molar-refractivity contribution in [3.8, 4) is 0 Å². The molecular weight excluding hydrogens is 465 g/mol. The number of benzene rings is 2. The molecule has 2 aromatic carbocycles. The highest BCUT2D eigenvalue weighted by Gasteiger charge is 2.48.